The Morgan fingerprint density at radius 2 is 1.79 bits per heavy atom. The smallest absolute Gasteiger partial charge is 0.305 e. The van der Waals surface area contributed by atoms with Gasteiger partial charge in [-0.05, 0) is 118 Å². The number of ether oxygens (including phenoxy) is 1. The maximum Gasteiger partial charge on any atom is 0.305 e. The van der Waals surface area contributed by atoms with Gasteiger partial charge >= 0.3 is 5.97 Å². The first kappa shape index (κ1) is 31.4. The summed E-state index contributed by atoms with van der Waals surface area (Å²) in [5, 5.41) is 11.8. The van der Waals surface area contributed by atoms with Crippen molar-refractivity contribution < 1.29 is 19.1 Å². The van der Waals surface area contributed by atoms with Gasteiger partial charge in [0.25, 0.3) is 0 Å². The van der Waals surface area contributed by atoms with Crippen molar-refractivity contribution in [2.24, 2.45) is 22.7 Å². The van der Waals surface area contributed by atoms with Crippen LogP contribution >= 0.6 is 0 Å². The molecule has 0 radical (unpaired) electrons. The minimum absolute atomic E-state index is 0.100. The molecule has 1 aromatic rings. The standard InChI is InChI=1S/C38H56O4/c1-3-4-5-6-7-8-9-10-11-12-13-14-15-16-17-18-35(39)42-29-38(40)28-37-25-21-32-31-23-26-41-33(31)22-24-36(32,2)34(37)20-19-30(38)27-37/h7-8,10-11,22-24,26,30,32,34,40H,3-6,9,12-21,25,27-29H2,1-2H3/b8-7-,11-10-/t30-,32-,34+,36-,37+,38+/m1/s1. The van der Waals surface area contributed by atoms with Crippen molar-refractivity contribution in [1.29, 1.82) is 0 Å². The first-order valence-corrected chi connectivity index (χ1v) is 17.3. The van der Waals surface area contributed by atoms with Crippen molar-refractivity contribution in [3.63, 3.8) is 0 Å². The zero-order chi connectivity index (χ0) is 29.5. The number of unbranched alkanes of at least 4 members (excludes halogenated alkanes) is 8. The number of allylic oxidation sites excluding steroid dienone is 5. The Kier molecular flexibility index (Phi) is 10.6. The Bertz CT molecular complexity index is 1110. The molecule has 42 heavy (non-hydrogen) atoms. The van der Waals surface area contributed by atoms with Crippen LogP contribution in [-0.2, 0) is 9.53 Å². The fourth-order valence-electron chi connectivity index (χ4n) is 9.40. The number of hydrogen-bond acceptors (Lipinski definition) is 4. The summed E-state index contributed by atoms with van der Waals surface area (Å²) in [4.78, 5) is 12.6. The largest absolute Gasteiger partial charge is 0.465 e. The van der Waals surface area contributed by atoms with Crippen LogP contribution < -0.4 is 0 Å². The van der Waals surface area contributed by atoms with E-state index in [1.54, 1.807) is 0 Å². The molecule has 0 amide bonds. The molecule has 3 saturated carbocycles. The molecule has 1 heterocycles. The van der Waals surface area contributed by atoms with Crippen LogP contribution in [0.3, 0.4) is 0 Å². The zero-order valence-corrected chi connectivity index (χ0v) is 26.5. The van der Waals surface area contributed by atoms with Gasteiger partial charge in [-0.3, -0.25) is 4.79 Å². The van der Waals surface area contributed by atoms with Crippen molar-refractivity contribution in [3.8, 4) is 0 Å². The highest BCUT2D eigenvalue weighted by Gasteiger charge is 2.65. The molecule has 232 valence electrons. The second kappa shape index (κ2) is 14.1. The van der Waals surface area contributed by atoms with E-state index in [9.17, 15) is 9.90 Å². The Morgan fingerprint density at radius 1 is 1.02 bits per heavy atom. The van der Waals surface area contributed by atoms with Crippen molar-refractivity contribution in [3.05, 3.63) is 54.0 Å². The summed E-state index contributed by atoms with van der Waals surface area (Å²) in [6.45, 7) is 4.86. The highest BCUT2D eigenvalue weighted by atomic mass is 16.5. The second-order valence-electron chi connectivity index (χ2n) is 14.3. The van der Waals surface area contributed by atoms with Gasteiger partial charge < -0.3 is 14.3 Å². The van der Waals surface area contributed by atoms with Crippen LogP contribution in [0.2, 0.25) is 0 Å². The molecular formula is C38H56O4. The summed E-state index contributed by atoms with van der Waals surface area (Å²) in [6, 6.07) is 2.17. The molecule has 2 bridgehead atoms. The summed E-state index contributed by atoms with van der Waals surface area (Å²) in [5.74, 6) is 2.19. The van der Waals surface area contributed by atoms with E-state index >= 15 is 0 Å². The monoisotopic (exact) mass is 576 g/mol. The van der Waals surface area contributed by atoms with Gasteiger partial charge in [0.1, 0.15) is 18.0 Å². The average molecular weight is 577 g/mol. The number of hydrogen-bond donors (Lipinski definition) is 1. The lowest BCUT2D eigenvalue weighted by atomic mass is 9.46. The van der Waals surface area contributed by atoms with Gasteiger partial charge in [-0.15, -0.1) is 0 Å². The molecule has 5 rings (SSSR count). The molecule has 0 aromatic carbocycles. The highest BCUT2D eigenvalue weighted by molar-refractivity contribution is 5.69. The summed E-state index contributed by atoms with van der Waals surface area (Å²) < 4.78 is 11.5. The molecule has 4 heteroatoms. The van der Waals surface area contributed by atoms with Gasteiger partial charge in [0.15, 0.2) is 0 Å². The quantitative estimate of drug-likeness (QED) is 0.121. The number of esters is 1. The van der Waals surface area contributed by atoms with Crippen molar-refractivity contribution in [1.82, 2.24) is 0 Å². The third-order valence-corrected chi connectivity index (χ3v) is 11.6. The van der Waals surface area contributed by atoms with E-state index in [0.717, 1.165) is 70.0 Å². The van der Waals surface area contributed by atoms with Gasteiger partial charge in [-0.1, -0.05) is 76.3 Å². The molecule has 3 fully saturated rings. The summed E-state index contributed by atoms with van der Waals surface area (Å²) in [6.07, 6.45) is 35.3. The molecule has 4 aliphatic carbocycles. The van der Waals surface area contributed by atoms with Gasteiger partial charge in [0.2, 0.25) is 0 Å². The normalized spacial score (nSPS) is 33.2. The van der Waals surface area contributed by atoms with Crippen LogP contribution in [-0.4, -0.2) is 23.3 Å². The summed E-state index contributed by atoms with van der Waals surface area (Å²) >= 11 is 0. The van der Waals surface area contributed by atoms with E-state index in [1.165, 1.54) is 50.5 Å². The fourth-order valence-corrected chi connectivity index (χ4v) is 9.40. The number of aliphatic hydroxyl groups is 1. The number of carbonyl (C=O) groups is 1. The topological polar surface area (TPSA) is 59.7 Å². The highest BCUT2D eigenvalue weighted by Crippen LogP contribution is 2.71. The maximum absolute atomic E-state index is 12.6. The summed E-state index contributed by atoms with van der Waals surface area (Å²) in [7, 11) is 0. The minimum atomic E-state index is -0.870. The first-order chi connectivity index (χ1) is 20.4. The predicted octanol–water partition coefficient (Wildman–Crippen LogP) is 10.1. The van der Waals surface area contributed by atoms with E-state index in [1.807, 2.05) is 6.26 Å². The lowest BCUT2D eigenvalue weighted by Gasteiger charge is -2.58. The minimum Gasteiger partial charge on any atom is -0.465 e. The van der Waals surface area contributed by atoms with E-state index in [2.05, 4.69) is 56.4 Å². The molecule has 0 aliphatic heterocycles. The van der Waals surface area contributed by atoms with E-state index in [4.69, 9.17) is 9.15 Å². The molecule has 4 aliphatic rings. The molecule has 6 atom stereocenters. The predicted molar refractivity (Wildman–Crippen MR) is 171 cm³/mol. The Morgan fingerprint density at radius 3 is 2.60 bits per heavy atom. The van der Waals surface area contributed by atoms with Crippen LogP contribution in [0.5, 0.6) is 0 Å². The fraction of sp³-hybridized carbons (Fsp3) is 0.711. The Labute approximate surface area is 255 Å². The van der Waals surface area contributed by atoms with E-state index in [0.29, 0.717) is 18.3 Å². The van der Waals surface area contributed by atoms with Crippen LogP contribution in [0.25, 0.3) is 6.08 Å². The van der Waals surface area contributed by atoms with Crippen molar-refractivity contribution in [2.45, 2.75) is 141 Å². The van der Waals surface area contributed by atoms with Gasteiger partial charge in [-0.25, -0.2) is 0 Å². The Hall–Kier alpha value is -2.07. The lowest BCUT2D eigenvalue weighted by Crippen LogP contribution is -2.49. The zero-order valence-electron chi connectivity index (χ0n) is 26.5. The van der Waals surface area contributed by atoms with E-state index in [-0.39, 0.29) is 29.3 Å². The van der Waals surface area contributed by atoms with Crippen LogP contribution in [0.4, 0.5) is 0 Å². The Balaban J connectivity index is 0.976. The molecule has 0 unspecified atom stereocenters. The molecule has 1 spiro atoms. The lowest BCUT2D eigenvalue weighted by molar-refractivity contribution is -0.154. The first-order valence-electron chi connectivity index (χ1n) is 17.3. The van der Waals surface area contributed by atoms with E-state index < -0.39 is 5.60 Å². The average Bonchev–Trinajstić information content (AvgIpc) is 3.54. The number of fused-ring (bicyclic) bond motifs is 5. The van der Waals surface area contributed by atoms with Crippen LogP contribution in [0.1, 0.15) is 147 Å². The molecule has 1 N–H and O–H groups in total. The summed E-state index contributed by atoms with van der Waals surface area (Å²) in [5.41, 5.74) is 0.752. The van der Waals surface area contributed by atoms with Gasteiger partial charge in [0.05, 0.1) is 6.26 Å². The van der Waals surface area contributed by atoms with Gasteiger partial charge in [0, 0.05) is 12.0 Å². The van der Waals surface area contributed by atoms with Crippen molar-refractivity contribution >= 4 is 12.0 Å². The molecule has 1 aromatic heterocycles. The molecule has 0 saturated heterocycles. The molecule has 4 nitrogen and oxygen atoms in total. The van der Waals surface area contributed by atoms with Crippen LogP contribution in [0.15, 0.2) is 47.1 Å². The van der Waals surface area contributed by atoms with Gasteiger partial charge in [-0.2, -0.15) is 0 Å². The van der Waals surface area contributed by atoms with Crippen LogP contribution in [0, 0.1) is 22.7 Å². The third kappa shape index (κ3) is 6.85. The van der Waals surface area contributed by atoms with Crippen molar-refractivity contribution in [2.75, 3.05) is 6.61 Å². The SMILES string of the molecule is CCCCC/C=C\C/C=C\CCCCCCCC(=O)OC[C@@]1(O)C[C@@]23CC[C@@H]4c5ccoc5C=C[C@@]4(C)[C@@H]2CC[C@@H]1C3. The number of carbonyl (C=O) groups excluding carboxylic acids is 1. The third-order valence-electron chi connectivity index (χ3n) is 11.6. The number of rotatable bonds is 16. The molecular weight excluding hydrogens is 520 g/mol. The second-order valence-corrected chi connectivity index (χ2v) is 14.3. The maximum atomic E-state index is 12.6. The number of furan rings is 1.